The number of hydrogen-bond donors (Lipinski definition) is 5. The van der Waals surface area contributed by atoms with E-state index in [0.717, 1.165) is 0 Å². The van der Waals surface area contributed by atoms with Gasteiger partial charge in [0.15, 0.2) is 5.11 Å². The number of aliphatic carboxylic acids is 1. The number of carboxylic acid groups (broad SMARTS) is 1. The highest BCUT2D eigenvalue weighted by Crippen LogP contribution is 2.50. The maximum absolute atomic E-state index is 13.4. The third-order valence-electron chi connectivity index (χ3n) is 6.16. The highest BCUT2D eigenvalue weighted by atomic mass is 79.9. The summed E-state index contributed by atoms with van der Waals surface area (Å²) in [7, 11) is -3.90. The van der Waals surface area contributed by atoms with Gasteiger partial charge in [-0.15, -0.1) is 11.8 Å². The summed E-state index contributed by atoms with van der Waals surface area (Å²) in [5.41, 5.74) is 1.00. The van der Waals surface area contributed by atoms with Crippen molar-refractivity contribution in [2.75, 3.05) is 5.32 Å². The Hall–Kier alpha value is -2.72. The largest absolute Gasteiger partial charge is 0.480 e. The Bertz CT molecular complexity index is 1420. The van der Waals surface area contributed by atoms with Gasteiger partial charge in [-0.05, 0) is 65.8 Å². The number of carboxylic acids is 1. The van der Waals surface area contributed by atoms with Crippen molar-refractivity contribution in [3.8, 4) is 0 Å². The minimum absolute atomic E-state index is 0.0573. The molecule has 0 radical (unpaired) electrons. The van der Waals surface area contributed by atoms with Crippen LogP contribution in [0.2, 0.25) is 0 Å². The van der Waals surface area contributed by atoms with Crippen LogP contribution in [0.25, 0.3) is 0 Å². The second kappa shape index (κ2) is 10.4. The van der Waals surface area contributed by atoms with Crippen molar-refractivity contribution in [2.24, 2.45) is 5.14 Å². The van der Waals surface area contributed by atoms with Gasteiger partial charge in [-0.1, -0.05) is 30.3 Å². The Labute approximate surface area is 237 Å². The van der Waals surface area contributed by atoms with E-state index >= 15 is 0 Å². The molecule has 2 heterocycles. The highest BCUT2D eigenvalue weighted by Gasteiger charge is 2.64. The molecule has 0 spiro atoms. The smallest absolute Gasteiger partial charge is 0.327 e. The van der Waals surface area contributed by atoms with Gasteiger partial charge in [0.25, 0.3) is 0 Å². The first-order valence-electron chi connectivity index (χ1n) is 11.2. The number of thioether (sulfide) groups is 1. The van der Waals surface area contributed by atoms with Crippen molar-refractivity contribution in [1.82, 2.24) is 15.5 Å². The topological polar surface area (TPSA) is 171 Å². The van der Waals surface area contributed by atoms with Crippen LogP contribution < -0.4 is 21.1 Å². The predicted octanol–water partition coefficient (Wildman–Crippen LogP) is 1.76. The SMILES string of the molecule is CC1(C)S[C@@H]2[C@H](NC(=O)[C@H](NC(=S)Nc3ccc(S(N)(=O)=O)cc3Br)c3ccccc3)C(=O)N2[C@H]1C(=O)O. The van der Waals surface area contributed by atoms with Gasteiger partial charge in [-0.25, -0.2) is 18.4 Å². The van der Waals surface area contributed by atoms with Gasteiger partial charge in [0.1, 0.15) is 23.5 Å². The van der Waals surface area contributed by atoms with E-state index in [1.165, 1.54) is 34.9 Å². The lowest BCUT2D eigenvalue weighted by Crippen LogP contribution is -2.71. The summed E-state index contributed by atoms with van der Waals surface area (Å²) in [4.78, 5) is 39.3. The number of nitrogens with two attached hydrogens (primary N) is 1. The maximum Gasteiger partial charge on any atom is 0.327 e. The summed E-state index contributed by atoms with van der Waals surface area (Å²) < 4.78 is 22.8. The quantitative estimate of drug-likeness (QED) is 0.222. The van der Waals surface area contributed by atoms with Crippen molar-refractivity contribution in [3.05, 3.63) is 58.6 Å². The molecule has 2 aliphatic heterocycles. The van der Waals surface area contributed by atoms with Crippen molar-refractivity contribution < 1.29 is 27.9 Å². The molecule has 2 fully saturated rings. The average molecular weight is 643 g/mol. The van der Waals surface area contributed by atoms with Gasteiger partial charge in [-0.2, -0.15) is 0 Å². The van der Waals surface area contributed by atoms with Crippen molar-refractivity contribution in [1.29, 1.82) is 0 Å². The molecule has 4 rings (SSSR count). The van der Waals surface area contributed by atoms with E-state index in [1.807, 2.05) is 0 Å². The Kier molecular flexibility index (Phi) is 7.78. The second-order valence-corrected chi connectivity index (χ2v) is 13.8. The van der Waals surface area contributed by atoms with Crippen LogP contribution in [0.4, 0.5) is 5.69 Å². The summed E-state index contributed by atoms with van der Waals surface area (Å²) in [5, 5.41) is 23.0. The Morgan fingerprint density at radius 1 is 1.21 bits per heavy atom. The van der Waals surface area contributed by atoms with E-state index in [0.29, 0.717) is 15.7 Å². The number of anilines is 1. The van der Waals surface area contributed by atoms with Crippen LogP contribution in [-0.4, -0.2) is 63.5 Å². The number of sulfonamides is 1. The number of nitrogens with zero attached hydrogens (tertiary/aromatic N) is 1. The first-order chi connectivity index (χ1) is 17.7. The number of benzene rings is 2. The molecule has 2 aliphatic rings. The molecular weight excluding hydrogens is 618 g/mol. The monoisotopic (exact) mass is 641 g/mol. The predicted molar refractivity (Wildman–Crippen MR) is 150 cm³/mol. The molecule has 0 unspecified atom stereocenters. The molecule has 0 saturated carbocycles. The summed E-state index contributed by atoms with van der Waals surface area (Å²) in [6.45, 7) is 3.51. The molecule has 2 saturated heterocycles. The number of carbonyl (C=O) groups is 3. The lowest BCUT2D eigenvalue weighted by atomic mass is 9.95. The first-order valence-corrected chi connectivity index (χ1v) is 14.8. The summed E-state index contributed by atoms with van der Waals surface area (Å²) in [6, 6.07) is 9.97. The molecule has 0 aromatic heterocycles. The number of hydrogen-bond acceptors (Lipinski definition) is 7. The van der Waals surface area contributed by atoms with Crippen LogP contribution in [0, 0.1) is 0 Å². The molecule has 2 aromatic rings. The van der Waals surface area contributed by atoms with Crippen LogP contribution in [0.5, 0.6) is 0 Å². The average Bonchev–Trinajstić information content (AvgIpc) is 3.10. The summed E-state index contributed by atoms with van der Waals surface area (Å²) in [6.07, 6.45) is 0. The molecule has 4 atom stereocenters. The molecule has 11 nitrogen and oxygen atoms in total. The second-order valence-electron chi connectivity index (χ2n) is 9.21. The van der Waals surface area contributed by atoms with Crippen LogP contribution in [-0.2, 0) is 24.4 Å². The van der Waals surface area contributed by atoms with Crippen molar-refractivity contribution in [3.63, 3.8) is 0 Å². The zero-order chi connectivity index (χ0) is 28.0. The lowest BCUT2D eigenvalue weighted by molar-refractivity contribution is -0.161. The fraction of sp³-hybridized carbons (Fsp3) is 0.304. The molecule has 2 aromatic carbocycles. The lowest BCUT2D eigenvalue weighted by Gasteiger charge is -2.44. The van der Waals surface area contributed by atoms with Gasteiger partial charge in [-0.3, -0.25) is 9.59 Å². The van der Waals surface area contributed by atoms with E-state index in [4.69, 9.17) is 17.4 Å². The summed E-state index contributed by atoms with van der Waals surface area (Å²) >= 11 is 10.0. The van der Waals surface area contributed by atoms with Crippen molar-refractivity contribution >= 4 is 78.5 Å². The number of amides is 2. The minimum Gasteiger partial charge on any atom is -0.480 e. The van der Waals surface area contributed by atoms with E-state index in [1.54, 1.807) is 44.2 Å². The zero-order valence-electron chi connectivity index (χ0n) is 20.0. The molecular formula is C23H24BrN5O6S3. The molecule has 2 amide bonds. The number of halogens is 1. The van der Waals surface area contributed by atoms with Gasteiger partial charge < -0.3 is 26.0 Å². The number of nitrogens with one attached hydrogen (secondary N) is 3. The van der Waals surface area contributed by atoms with E-state index in [2.05, 4.69) is 31.9 Å². The first kappa shape index (κ1) is 28.3. The third-order valence-corrected chi connectivity index (χ3v) is 9.52. The molecule has 6 N–H and O–H groups in total. The van der Waals surface area contributed by atoms with Crippen LogP contribution in [0.1, 0.15) is 25.5 Å². The van der Waals surface area contributed by atoms with Gasteiger partial charge in [0.2, 0.25) is 21.8 Å². The highest BCUT2D eigenvalue weighted by molar-refractivity contribution is 9.10. The number of fused-ring (bicyclic) bond motifs is 1. The molecule has 15 heteroatoms. The van der Waals surface area contributed by atoms with Gasteiger partial charge >= 0.3 is 5.97 Å². The van der Waals surface area contributed by atoms with E-state index in [9.17, 15) is 27.9 Å². The van der Waals surface area contributed by atoms with E-state index < -0.39 is 56.1 Å². The van der Waals surface area contributed by atoms with Gasteiger partial charge in [0, 0.05) is 9.22 Å². The molecule has 0 aliphatic carbocycles. The minimum atomic E-state index is -3.90. The van der Waals surface area contributed by atoms with Crippen LogP contribution in [0.3, 0.4) is 0 Å². The third kappa shape index (κ3) is 5.52. The van der Waals surface area contributed by atoms with Crippen LogP contribution in [0.15, 0.2) is 57.9 Å². The molecule has 202 valence electrons. The fourth-order valence-electron chi connectivity index (χ4n) is 4.39. The van der Waals surface area contributed by atoms with Crippen molar-refractivity contribution in [2.45, 2.75) is 47.0 Å². The summed E-state index contributed by atoms with van der Waals surface area (Å²) in [5.74, 6) is -2.08. The number of thiocarbonyl (C=S) groups is 1. The Morgan fingerprint density at radius 2 is 1.87 bits per heavy atom. The standard InChI is InChI=1S/C23H24BrN5O6S3/c1-23(2)17(21(32)33)29-19(31)16(20(29)37-23)27-18(30)15(11-6-4-3-5-7-11)28-22(36)26-14-9-8-12(10-13(14)24)38(25,34)35/h3-10,15-17,20H,1-2H3,(H,27,30)(H,32,33)(H2,25,34,35)(H2,26,28,36)/t15-,16-,17+,20-/m1/s1. The maximum atomic E-state index is 13.4. The van der Waals surface area contributed by atoms with Crippen LogP contribution >= 0.6 is 39.9 Å². The molecule has 0 bridgehead atoms. The number of rotatable bonds is 7. The number of carbonyl (C=O) groups excluding carboxylic acids is 2. The number of β-lactam (4-membered cyclic amide) rings is 1. The number of primary sulfonamides is 1. The van der Waals surface area contributed by atoms with E-state index in [-0.39, 0.29) is 10.0 Å². The fourth-order valence-corrected chi connectivity index (χ4v) is 7.41. The normalized spacial score (nSPS) is 22.6. The van der Waals surface area contributed by atoms with Gasteiger partial charge in [0.05, 0.1) is 10.6 Å². The Balaban J connectivity index is 1.50. The zero-order valence-corrected chi connectivity index (χ0v) is 24.1. The Morgan fingerprint density at radius 3 is 2.45 bits per heavy atom. The molecule has 38 heavy (non-hydrogen) atoms.